The molecule has 1 amide bonds. The molecule has 3 aromatic rings. The van der Waals surface area contributed by atoms with Gasteiger partial charge in [0.05, 0.1) is 23.9 Å². The third kappa shape index (κ3) is 3.72. The molecule has 0 bridgehead atoms. The first-order valence-corrected chi connectivity index (χ1v) is 9.89. The lowest BCUT2D eigenvalue weighted by Gasteiger charge is -2.25. The molecule has 0 aliphatic carbocycles. The van der Waals surface area contributed by atoms with Gasteiger partial charge in [-0.25, -0.2) is 4.39 Å². The van der Waals surface area contributed by atoms with Gasteiger partial charge in [0.25, 0.3) is 11.7 Å². The van der Waals surface area contributed by atoms with Crippen molar-refractivity contribution in [1.29, 1.82) is 0 Å². The Morgan fingerprint density at radius 3 is 2.52 bits per heavy atom. The summed E-state index contributed by atoms with van der Waals surface area (Å²) in [5.74, 6) is -2.52. The zero-order valence-corrected chi connectivity index (χ0v) is 17.2. The Labute approximate surface area is 179 Å². The lowest BCUT2D eigenvalue weighted by atomic mass is 9.93. The summed E-state index contributed by atoms with van der Waals surface area (Å²) in [5.41, 5.74) is 2.64. The van der Waals surface area contributed by atoms with Gasteiger partial charge in [0.2, 0.25) is 0 Å². The average molecular weight is 416 g/mol. The molecule has 1 aliphatic heterocycles. The second-order valence-corrected chi connectivity index (χ2v) is 7.59. The number of likely N-dealkylation sites (tertiary alicyclic amines) is 1. The molecule has 4 rings (SSSR count). The minimum absolute atomic E-state index is 0.00793. The molecule has 1 aromatic heterocycles. The summed E-state index contributed by atoms with van der Waals surface area (Å²) in [6.45, 7) is 3.68. The highest BCUT2D eigenvalue weighted by atomic mass is 19.1. The third-order valence-corrected chi connectivity index (χ3v) is 5.45. The Hall–Kier alpha value is -3.80. The van der Waals surface area contributed by atoms with Crippen LogP contribution in [0.4, 0.5) is 4.39 Å². The first-order chi connectivity index (χ1) is 14.9. The van der Waals surface area contributed by atoms with E-state index in [4.69, 9.17) is 0 Å². The standard InChI is InChI=1S/C25H21FN2O3/c1-15-10-11-16(2)19(13-15)23(29)21-22(18-8-3-4-9-20(18)26)28(25(31)24(21)30)14-17-7-5-6-12-27-17/h3-13,22,29H,14H2,1-2H3/b23-21+. The van der Waals surface area contributed by atoms with Crippen molar-refractivity contribution in [3.8, 4) is 0 Å². The number of pyridine rings is 1. The SMILES string of the molecule is Cc1ccc(C)c(/C(O)=C2\C(=O)C(=O)N(Cc3ccccn3)C2c2ccccc2F)c1. The van der Waals surface area contributed by atoms with Gasteiger partial charge in [-0.2, -0.15) is 0 Å². The molecule has 1 saturated heterocycles. The molecule has 31 heavy (non-hydrogen) atoms. The van der Waals surface area contributed by atoms with Crippen molar-refractivity contribution in [2.45, 2.75) is 26.4 Å². The summed E-state index contributed by atoms with van der Waals surface area (Å²) in [5, 5.41) is 11.2. The molecule has 0 radical (unpaired) electrons. The molecule has 156 valence electrons. The fourth-order valence-electron chi connectivity index (χ4n) is 3.87. The zero-order valence-electron chi connectivity index (χ0n) is 17.2. The number of hydrogen-bond acceptors (Lipinski definition) is 4. The Morgan fingerprint density at radius 2 is 1.81 bits per heavy atom. The quantitative estimate of drug-likeness (QED) is 0.387. The molecule has 0 saturated carbocycles. The van der Waals surface area contributed by atoms with Crippen LogP contribution >= 0.6 is 0 Å². The van der Waals surface area contributed by atoms with Crippen molar-refractivity contribution < 1.29 is 19.1 Å². The maximum Gasteiger partial charge on any atom is 0.296 e. The molecular formula is C25H21FN2O3. The number of Topliss-reactive ketones (excluding diaryl/α,β-unsaturated/α-hetero) is 1. The van der Waals surface area contributed by atoms with Crippen LogP contribution in [-0.2, 0) is 16.1 Å². The number of ketones is 1. The van der Waals surface area contributed by atoms with Crippen molar-refractivity contribution in [1.82, 2.24) is 9.88 Å². The van der Waals surface area contributed by atoms with Gasteiger partial charge in [0.1, 0.15) is 11.6 Å². The van der Waals surface area contributed by atoms with E-state index in [9.17, 15) is 19.1 Å². The molecule has 1 fully saturated rings. The summed E-state index contributed by atoms with van der Waals surface area (Å²) < 4.78 is 14.8. The highest BCUT2D eigenvalue weighted by Crippen LogP contribution is 2.41. The molecule has 2 heterocycles. The predicted octanol–water partition coefficient (Wildman–Crippen LogP) is 4.46. The first kappa shape index (κ1) is 20.5. The summed E-state index contributed by atoms with van der Waals surface area (Å²) in [6.07, 6.45) is 1.58. The van der Waals surface area contributed by atoms with E-state index >= 15 is 0 Å². The van der Waals surface area contributed by atoms with Gasteiger partial charge in [0, 0.05) is 17.3 Å². The molecule has 6 heteroatoms. The number of aliphatic hydroxyl groups excluding tert-OH is 1. The number of amides is 1. The number of aryl methyl sites for hydroxylation is 2. The number of benzene rings is 2. The minimum atomic E-state index is -1.07. The van der Waals surface area contributed by atoms with Crippen molar-refractivity contribution in [3.63, 3.8) is 0 Å². The van der Waals surface area contributed by atoms with Gasteiger partial charge in [-0.15, -0.1) is 0 Å². The number of hydrogen-bond donors (Lipinski definition) is 1. The average Bonchev–Trinajstić information content (AvgIpc) is 3.01. The number of aliphatic hydroxyl groups is 1. The minimum Gasteiger partial charge on any atom is -0.507 e. The summed E-state index contributed by atoms with van der Waals surface area (Å²) in [4.78, 5) is 31.5. The summed E-state index contributed by atoms with van der Waals surface area (Å²) in [6, 6.07) is 15.6. The highest BCUT2D eigenvalue weighted by molar-refractivity contribution is 6.46. The van der Waals surface area contributed by atoms with Crippen LogP contribution in [0.15, 0.2) is 72.4 Å². The van der Waals surface area contributed by atoms with E-state index in [1.807, 2.05) is 19.1 Å². The van der Waals surface area contributed by atoms with E-state index in [0.717, 1.165) is 11.1 Å². The van der Waals surface area contributed by atoms with Crippen molar-refractivity contribution in [2.24, 2.45) is 0 Å². The van der Waals surface area contributed by atoms with Gasteiger partial charge in [0.15, 0.2) is 0 Å². The van der Waals surface area contributed by atoms with E-state index in [0.29, 0.717) is 11.3 Å². The first-order valence-electron chi connectivity index (χ1n) is 9.89. The second kappa shape index (κ2) is 8.14. The van der Waals surface area contributed by atoms with Crippen LogP contribution in [-0.4, -0.2) is 26.7 Å². The number of nitrogens with zero attached hydrogens (tertiary/aromatic N) is 2. The van der Waals surface area contributed by atoms with Crippen LogP contribution in [0.5, 0.6) is 0 Å². The summed E-state index contributed by atoms with van der Waals surface area (Å²) in [7, 11) is 0. The van der Waals surface area contributed by atoms with Crippen LogP contribution in [0.25, 0.3) is 5.76 Å². The Kier molecular flexibility index (Phi) is 5.38. The van der Waals surface area contributed by atoms with E-state index < -0.39 is 23.5 Å². The largest absolute Gasteiger partial charge is 0.507 e. The van der Waals surface area contributed by atoms with Gasteiger partial charge in [-0.1, -0.05) is 42.0 Å². The summed E-state index contributed by atoms with van der Waals surface area (Å²) >= 11 is 0. The number of aromatic nitrogens is 1. The Balaban J connectivity index is 1.92. The smallest absolute Gasteiger partial charge is 0.296 e. The molecule has 1 unspecified atom stereocenters. The normalized spacial score (nSPS) is 17.9. The van der Waals surface area contributed by atoms with Gasteiger partial charge in [-0.05, 0) is 43.7 Å². The third-order valence-electron chi connectivity index (χ3n) is 5.45. The van der Waals surface area contributed by atoms with Gasteiger partial charge in [-0.3, -0.25) is 14.6 Å². The molecule has 5 nitrogen and oxygen atoms in total. The second-order valence-electron chi connectivity index (χ2n) is 7.59. The zero-order chi connectivity index (χ0) is 22.1. The topological polar surface area (TPSA) is 70.5 Å². The van der Waals surface area contributed by atoms with Crippen LogP contribution in [0.3, 0.4) is 0 Å². The number of carbonyl (C=O) groups is 2. The van der Waals surface area contributed by atoms with E-state index in [-0.39, 0.29) is 23.4 Å². The lowest BCUT2D eigenvalue weighted by Crippen LogP contribution is -2.30. The predicted molar refractivity (Wildman–Crippen MR) is 114 cm³/mol. The van der Waals surface area contributed by atoms with Crippen molar-refractivity contribution in [3.05, 3.63) is 106 Å². The Bertz CT molecular complexity index is 1200. The maximum atomic E-state index is 14.8. The monoisotopic (exact) mass is 416 g/mol. The molecular weight excluding hydrogens is 395 g/mol. The maximum absolute atomic E-state index is 14.8. The molecule has 2 aromatic carbocycles. The van der Waals surface area contributed by atoms with Gasteiger partial charge >= 0.3 is 0 Å². The van der Waals surface area contributed by atoms with Crippen LogP contribution in [0.2, 0.25) is 0 Å². The van der Waals surface area contributed by atoms with Crippen LogP contribution < -0.4 is 0 Å². The van der Waals surface area contributed by atoms with Crippen LogP contribution in [0.1, 0.15) is 34.0 Å². The number of rotatable bonds is 4. The highest BCUT2D eigenvalue weighted by Gasteiger charge is 2.47. The van der Waals surface area contributed by atoms with E-state index in [1.165, 1.54) is 23.1 Å². The molecule has 1 aliphatic rings. The molecule has 0 spiro atoms. The van der Waals surface area contributed by atoms with Crippen LogP contribution in [0, 0.1) is 19.7 Å². The van der Waals surface area contributed by atoms with E-state index in [2.05, 4.69) is 4.98 Å². The fraction of sp³-hybridized carbons (Fsp3) is 0.160. The Morgan fingerprint density at radius 1 is 1.06 bits per heavy atom. The fourth-order valence-corrected chi connectivity index (χ4v) is 3.87. The van der Waals surface area contributed by atoms with E-state index in [1.54, 1.807) is 43.5 Å². The molecule has 1 N–H and O–H groups in total. The number of carbonyl (C=O) groups excluding carboxylic acids is 2. The lowest BCUT2D eigenvalue weighted by molar-refractivity contribution is -0.140. The van der Waals surface area contributed by atoms with Crippen molar-refractivity contribution in [2.75, 3.05) is 0 Å². The molecule has 1 atom stereocenters. The number of halogens is 1. The van der Waals surface area contributed by atoms with Crippen molar-refractivity contribution >= 4 is 17.4 Å². The van der Waals surface area contributed by atoms with Gasteiger partial charge < -0.3 is 10.0 Å².